The first-order chi connectivity index (χ1) is 10.7. The van der Waals surface area contributed by atoms with Crippen molar-refractivity contribution in [3.63, 3.8) is 0 Å². The summed E-state index contributed by atoms with van der Waals surface area (Å²) in [5.74, 6) is -0.551. The van der Waals surface area contributed by atoms with Crippen molar-refractivity contribution >= 4 is 6.09 Å². The SMILES string of the molecule is CC(C)(C)OC(=O)N(CCNCc1cc(O)cc(F)c1)C1CC1. The van der Waals surface area contributed by atoms with Crippen molar-refractivity contribution in [1.82, 2.24) is 10.2 Å². The number of carbonyl (C=O) groups excluding carboxylic acids is 1. The Labute approximate surface area is 136 Å². The normalized spacial score (nSPS) is 14.6. The number of hydrogen-bond donors (Lipinski definition) is 2. The maximum atomic E-state index is 13.2. The van der Waals surface area contributed by atoms with Crippen molar-refractivity contribution in [1.29, 1.82) is 0 Å². The summed E-state index contributed by atoms with van der Waals surface area (Å²) >= 11 is 0. The molecule has 0 radical (unpaired) electrons. The van der Waals surface area contributed by atoms with Gasteiger partial charge in [0.2, 0.25) is 0 Å². The number of halogens is 1. The molecule has 128 valence electrons. The molecule has 0 aromatic heterocycles. The summed E-state index contributed by atoms with van der Waals surface area (Å²) in [6, 6.07) is 4.23. The van der Waals surface area contributed by atoms with E-state index in [2.05, 4.69) is 5.32 Å². The lowest BCUT2D eigenvalue weighted by molar-refractivity contribution is 0.0236. The molecule has 0 unspecified atom stereocenters. The zero-order valence-corrected chi connectivity index (χ0v) is 13.9. The third-order valence-corrected chi connectivity index (χ3v) is 3.42. The summed E-state index contributed by atoms with van der Waals surface area (Å²) < 4.78 is 18.6. The van der Waals surface area contributed by atoms with Crippen LogP contribution in [0.5, 0.6) is 5.75 Å². The summed E-state index contributed by atoms with van der Waals surface area (Å²) in [7, 11) is 0. The number of ether oxygens (including phenoxy) is 1. The maximum absolute atomic E-state index is 13.2. The molecule has 5 nitrogen and oxygen atoms in total. The molecule has 1 amide bonds. The number of amides is 1. The van der Waals surface area contributed by atoms with E-state index in [-0.39, 0.29) is 17.9 Å². The summed E-state index contributed by atoms with van der Waals surface area (Å²) in [5.41, 5.74) is 0.161. The minimum Gasteiger partial charge on any atom is -0.508 e. The van der Waals surface area contributed by atoms with E-state index < -0.39 is 11.4 Å². The topological polar surface area (TPSA) is 61.8 Å². The standard InChI is InChI=1S/C17H25FN2O3/c1-17(2,3)23-16(22)20(14-4-5-14)7-6-19-11-12-8-13(18)10-15(21)9-12/h8-10,14,19,21H,4-7,11H2,1-3H3. The second-order valence-electron chi connectivity index (χ2n) is 6.90. The molecule has 6 heteroatoms. The Balaban J connectivity index is 1.79. The number of carbonyl (C=O) groups is 1. The molecule has 1 fully saturated rings. The smallest absolute Gasteiger partial charge is 0.410 e. The van der Waals surface area contributed by atoms with Gasteiger partial charge in [-0.1, -0.05) is 0 Å². The van der Waals surface area contributed by atoms with Gasteiger partial charge in [-0.25, -0.2) is 9.18 Å². The molecule has 0 aliphatic heterocycles. The molecule has 0 spiro atoms. The van der Waals surface area contributed by atoms with Gasteiger partial charge in [-0.3, -0.25) is 0 Å². The maximum Gasteiger partial charge on any atom is 0.410 e. The highest BCUT2D eigenvalue weighted by Crippen LogP contribution is 2.28. The number of benzene rings is 1. The molecule has 2 N–H and O–H groups in total. The zero-order chi connectivity index (χ0) is 17.0. The van der Waals surface area contributed by atoms with Crippen LogP contribution in [0.15, 0.2) is 18.2 Å². The highest BCUT2D eigenvalue weighted by molar-refractivity contribution is 5.69. The van der Waals surface area contributed by atoms with Crippen LogP contribution in [0.25, 0.3) is 0 Å². The predicted octanol–water partition coefficient (Wildman–Crippen LogP) is 3.02. The van der Waals surface area contributed by atoms with Crippen LogP contribution in [0, 0.1) is 5.82 Å². The second-order valence-corrected chi connectivity index (χ2v) is 6.90. The van der Waals surface area contributed by atoms with Crippen LogP contribution >= 0.6 is 0 Å². The van der Waals surface area contributed by atoms with Crippen molar-refractivity contribution in [2.75, 3.05) is 13.1 Å². The lowest BCUT2D eigenvalue weighted by Crippen LogP contribution is -2.41. The van der Waals surface area contributed by atoms with Gasteiger partial charge >= 0.3 is 6.09 Å². The van der Waals surface area contributed by atoms with Crippen LogP contribution in [-0.4, -0.2) is 40.8 Å². The van der Waals surface area contributed by atoms with Gasteiger partial charge in [0.05, 0.1) is 0 Å². The first-order valence-electron chi connectivity index (χ1n) is 7.93. The Kier molecular flexibility index (Phi) is 5.46. The Morgan fingerprint density at radius 1 is 1.39 bits per heavy atom. The molecule has 23 heavy (non-hydrogen) atoms. The largest absolute Gasteiger partial charge is 0.508 e. The van der Waals surface area contributed by atoms with Crippen molar-refractivity contribution in [3.05, 3.63) is 29.6 Å². The fourth-order valence-corrected chi connectivity index (χ4v) is 2.30. The fraction of sp³-hybridized carbons (Fsp3) is 0.588. The molecule has 0 saturated heterocycles. The molecule has 1 aliphatic carbocycles. The highest BCUT2D eigenvalue weighted by Gasteiger charge is 2.34. The molecule has 2 rings (SSSR count). The monoisotopic (exact) mass is 324 g/mol. The van der Waals surface area contributed by atoms with E-state index in [1.165, 1.54) is 12.1 Å². The number of hydrogen-bond acceptors (Lipinski definition) is 4. The fourth-order valence-electron chi connectivity index (χ4n) is 2.30. The van der Waals surface area contributed by atoms with E-state index in [1.807, 2.05) is 20.8 Å². The average molecular weight is 324 g/mol. The number of phenolic OH excluding ortho intramolecular Hbond substituents is 1. The van der Waals surface area contributed by atoms with E-state index in [9.17, 15) is 14.3 Å². The Morgan fingerprint density at radius 3 is 2.65 bits per heavy atom. The molecule has 0 bridgehead atoms. The molecule has 1 saturated carbocycles. The summed E-state index contributed by atoms with van der Waals surface area (Å²) in [5, 5.41) is 12.5. The van der Waals surface area contributed by atoms with E-state index in [0.717, 1.165) is 18.9 Å². The number of nitrogens with one attached hydrogen (secondary N) is 1. The molecule has 1 aromatic rings. The Hall–Kier alpha value is -1.82. The Bertz CT molecular complexity index is 533. The van der Waals surface area contributed by atoms with E-state index >= 15 is 0 Å². The van der Waals surface area contributed by atoms with Crippen LogP contribution in [0.4, 0.5) is 9.18 Å². The molecule has 0 heterocycles. The quantitative estimate of drug-likeness (QED) is 0.790. The zero-order valence-electron chi connectivity index (χ0n) is 13.9. The van der Waals surface area contributed by atoms with Gasteiger partial charge in [-0.2, -0.15) is 0 Å². The number of aromatic hydroxyl groups is 1. The minimum atomic E-state index is -0.503. The molecular weight excluding hydrogens is 299 g/mol. The van der Waals surface area contributed by atoms with Crippen LogP contribution in [0.2, 0.25) is 0 Å². The first kappa shape index (κ1) is 17.5. The third kappa shape index (κ3) is 6.06. The highest BCUT2D eigenvalue weighted by atomic mass is 19.1. The summed E-state index contributed by atoms with van der Waals surface area (Å²) in [6.45, 7) is 7.10. The lowest BCUT2D eigenvalue weighted by atomic mass is 10.2. The molecular formula is C17H25FN2O3. The summed E-state index contributed by atoms with van der Waals surface area (Å²) in [4.78, 5) is 13.9. The van der Waals surface area contributed by atoms with Crippen LogP contribution < -0.4 is 5.32 Å². The van der Waals surface area contributed by atoms with E-state index in [1.54, 1.807) is 4.90 Å². The molecule has 1 aromatic carbocycles. The van der Waals surface area contributed by atoms with Gasteiger partial charge in [-0.15, -0.1) is 0 Å². The van der Waals surface area contributed by atoms with E-state index in [0.29, 0.717) is 25.2 Å². The van der Waals surface area contributed by atoms with Gasteiger partial charge in [0.15, 0.2) is 0 Å². The van der Waals surface area contributed by atoms with Crippen molar-refractivity contribution < 1.29 is 19.0 Å². The van der Waals surface area contributed by atoms with Gasteiger partial charge < -0.3 is 20.1 Å². The minimum absolute atomic E-state index is 0.0878. The van der Waals surface area contributed by atoms with Crippen molar-refractivity contribution in [2.24, 2.45) is 0 Å². The summed E-state index contributed by atoms with van der Waals surface area (Å²) in [6.07, 6.45) is 1.73. The van der Waals surface area contributed by atoms with Gasteiger partial charge in [0, 0.05) is 31.7 Å². The Morgan fingerprint density at radius 2 is 2.09 bits per heavy atom. The predicted molar refractivity (Wildman–Crippen MR) is 85.7 cm³/mol. The second kappa shape index (κ2) is 7.17. The van der Waals surface area contributed by atoms with Gasteiger partial charge in [0.1, 0.15) is 17.2 Å². The van der Waals surface area contributed by atoms with Gasteiger partial charge in [0.25, 0.3) is 0 Å². The van der Waals surface area contributed by atoms with Crippen LogP contribution in [0.3, 0.4) is 0 Å². The molecule has 0 atom stereocenters. The van der Waals surface area contributed by atoms with Gasteiger partial charge in [-0.05, 0) is 51.3 Å². The number of rotatable bonds is 6. The lowest BCUT2D eigenvalue weighted by Gasteiger charge is -2.27. The average Bonchev–Trinajstić information content (AvgIpc) is 3.19. The van der Waals surface area contributed by atoms with Crippen molar-refractivity contribution in [2.45, 2.75) is 51.8 Å². The van der Waals surface area contributed by atoms with Crippen LogP contribution in [0.1, 0.15) is 39.2 Å². The third-order valence-electron chi connectivity index (χ3n) is 3.42. The number of phenols is 1. The molecule has 1 aliphatic rings. The van der Waals surface area contributed by atoms with Crippen molar-refractivity contribution in [3.8, 4) is 5.75 Å². The first-order valence-corrected chi connectivity index (χ1v) is 7.93. The van der Waals surface area contributed by atoms with E-state index in [4.69, 9.17) is 4.74 Å². The van der Waals surface area contributed by atoms with Crippen LogP contribution in [-0.2, 0) is 11.3 Å². The number of nitrogens with zero attached hydrogens (tertiary/aromatic N) is 1.